The van der Waals surface area contributed by atoms with Crippen LogP contribution in [0.2, 0.25) is 0 Å². The van der Waals surface area contributed by atoms with E-state index in [1.54, 1.807) is 12.1 Å². The van der Waals surface area contributed by atoms with Crippen molar-refractivity contribution in [3.05, 3.63) is 41.7 Å². The highest BCUT2D eigenvalue weighted by molar-refractivity contribution is 5.34. The van der Waals surface area contributed by atoms with Gasteiger partial charge >= 0.3 is 0 Å². The van der Waals surface area contributed by atoms with Crippen molar-refractivity contribution >= 4 is 0 Å². The Morgan fingerprint density at radius 3 is 2.89 bits per heavy atom. The van der Waals surface area contributed by atoms with E-state index in [4.69, 9.17) is 9.84 Å². The molecule has 0 fully saturated rings. The summed E-state index contributed by atoms with van der Waals surface area (Å²) in [5, 5.41) is 8.63. The number of unbranched alkanes of at least 4 members (excludes halogenated alkanes) is 1. The molecule has 0 radical (unpaired) electrons. The van der Waals surface area contributed by atoms with Gasteiger partial charge in [-0.05, 0) is 43.0 Å². The Morgan fingerprint density at radius 1 is 1.33 bits per heavy atom. The first-order valence-corrected chi connectivity index (χ1v) is 6.45. The predicted molar refractivity (Wildman–Crippen MR) is 71.3 cm³/mol. The Balaban J connectivity index is 2.61. The summed E-state index contributed by atoms with van der Waals surface area (Å²) in [6.07, 6.45) is 7.15. The highest BCUT2D eigenvalue weighted by atomic mass is 19.1. The summed E-state index contributed by atoms with van der Waals surface area (Å²) >= 11 is 0. The molecule has 1 rings (SSSR count). The molecule has 3 heteroatoms. The number of aliphatic hydroxyl groups excluding tert-OH is 1. The zero-order chi connectivity index (χ0) is 13.2. The number of aryl methyl sites for hydroxylation is 1. The van der Waals surface area contributed by atoms with Crippen LogP contribution in [0.1, 0.15) is 31.7 Å². The second-order valence-electron chi connectivity index (χ2n) is 4.15. The summed E-state index contributed by atoms with van der Waals surface area (Å²) in [4.78, 5) is 0. The van der Waals surface area contributed by atoms with E-state index in [-0.39, 0.29) is 12.4 Å². The van der Waals surface area contributed by atoms with Crippen LogP contribution in [0.3, 0.4) is 0 Å². The van der Waals surface area contributed by atoms with E-state index >= 15 is 0 Å². The van der Waals surface area contributed by atoms with Crippen LogP contribution >= 0.6 is 0 Å². The molecule has 0 amide bonds. The van der Waals surface area contributed by atoms with Crippen molar-refractivity contribution in [2.75, 3.05) is 13.2 Å². The quantitative estimate of drug-likeness (QED) is 0.567. The number of hydrogen-bond donors (Lipinski definition) is 1. The van der Waals surface area contributed by atoms with Crippen molar-refractivity contribution in [2.24, 2.45) is 0 Å². The molecule has 0 unspecified atom stereocenters. The number of hydrogen-bond acceptors (Lipinski definition) is 2. The molecule has 2 nitrogen and oxygen atoms in total. The van der Waals surface area contributed by atoms with Gasteiger partial charge in [-0.3, -0.25) is 0 Å². The maximum absolute atomic E-state index is 13.2. The molecule has 0 aliphatic carbocycles. The number of ether oxygens (including phenoxy) is 1. The second-order valence-corrected chi connectivity index (χ2v) is 4.15. The summed E-state index contributed by atoms with van der Waals surface area (Å²) < 4.78 is 18.8. The van der Waals surface area contributed by atoms with Gasteiger partial charge in [-0.1, -0.05) is 25.5 Å². The number of allylic oxidation sites excluding steroid dienone is 1. The van der Waals surface area contributed by atoms with Gasteiger partial charge in [-0.15, -0.1) is 0 Å². The minimum Gasteiger partial charge on any atom is -0.493 e. The first kappa shape index (κ1) is 14.7. The zero-order valence-corrected chi connectivity index (χ0v) is 10.9. The van der Waals surface area contributed by atoms with Gasteiger partial charge in [0.25, 0.3) is 0 Å². The van der Waals surface area contributed by atoms with Gasteiger partial charge in [0, 0.05) is 0 Å². The third kappa shape index (κ3) is 5.32. The Labute approximate surface area is 108 Å². The maximum atomic E-state index is 13.2. The normalized spacial score (nSPS) is 11.1. The lowest BCUT2D eigenvalue weighted by Crippen LogP contribution is -2.00. The van der Waals surface area contributed by atoms with E-state index in [0.717, 1.165) is 37.0 Å². The molecule has 0 aliphatic rings. The molecule has 1 N–H and O–H groups in total. The van der Waals surface area contributed by atoms with Crippen molar-refractivity contribution < 1.29 is 14.2 Å². The van der Waals surface area contributed by atoms with Gasteiger partial charge in [0.05, 0.1) is 13.2 Å². The molecule has 18 heavy (non-hydrogen) atoms. The van der Waals surface area contributed by atoms with Crippen LogP contribution in [-0.2, 0) is 6.42 Å². The van der Waals surface area contributed by atoms with E-state index in [1.165, 1.54) is 12.1 Å². The van der Waals surface area contributed by atoms with E-state index in [1.807, 2.05) is 6.08 Å². The standard InChI is InChI=1S/C15H21FO2/c1-2-3-11-18-15-9-8-14(16)12-13(15)7-5-4-6-10-17/h4,6,8-9,12,17H,2-3,5,7,10-11H2,1H3/b6-4-. The van der Waals surface area contributed by atoms with Gasteiger partial charge in [-0.2, -0.15) is 0 Å². The van der Waals surface area contributed by atoms with Crippen molar-refractivity contribution in [2.45, 2.75) is 32.6 Å². The average molecular weight is 252 g/mol. The van der Waals surface area contributed by atoms with Gasteiger partial charge in [0.15, 0.2) is 0 Å². The van der Waals surface area contributed by atoms with E-state index in [0.29, 0.717) is 6.61 Å². The highest BCUT2D eigenvalue weighted by Gasteiger charge is 2.04. The van der Waals surface area contributed by atoms with Crippen LogP contribution < -0.4 is 4.74 Å². The molecular formula is C15H21FO2. The monoisotopic (exact) mass is 252 g/mol. The fraction of sp³-hybridized carbons (Fsp3) is 0.467. The van der Waals surface area contributed by atoms with Crippen molar-refractivity contribution in [3.63, 3.8) is 0 Å². The Kier molecular flexibility index (Phi) is 7.11. The van der Waals surface area contributed by atoms with Crippen LogP contribution in [0, 0.1) is 5.82 Å². The van der Waals surface area contributed by atoms with Crippen molar-refractivity contribution in [3.8, 4) is 5.75 Å². The van der Waals surface area contributed by atoms with Gasteiger partial charge < -0.3 is 9.84 Å². The third-order valence-corrected chi connectivity index (χ3v) is 2.63. The second kappa shape index (κ2) is 8.70. The smallest absolute Gasteiger partial charge is 0.123 e. The number of rotatable bonds is 8. The van der Waals surface area contributed by atoms with E-state index in [2.05, 4.69) is 6.92 Å². The summed E-state index contributed by atoms with van der Waals surface area (Å²) in [7, 11) is 0. The molecule has 0 aromatic heterocycles. The van der Waals surface area contributed by atoms with Crippen LogP contribution in [0.4, 0.5) is 4.39 Å². The first-order chi connectivity index (χ1) is 8.77. The lowest BCUT2D eigenvalue weighted by Gasteiger charge is -2.10. The van der Waals surface area contributed by atoms with Gasteiger partial charge in [-0.25, -0.2) is 4.39 Å². The summed E-state index contributed by atoms with van der Waals surface area (Å²) in [6.45, 7) is 2.82. The first-order valence-electron chi connectivity index (χ1n) is 6.45. The maximum Gasteiger partial charge on any atom is 0.123 e. The molecule has 0 saturated heterocycles. The molecule has 0 saturated carbocycles. The Bertz CT molecular complexity index is 375. The summed E-state index contributed by atoms with van der Waals surface area (Å²) in [5.74, 6) is 0.529. The van der Waals surface area contributed by atoms with Crippen LogP contribution in [0.25, 0.3) is 0 Å². The average Bonchev–Trinajstić information content (AvgIpc) is 2.37. The molecule has 0 spiro atoms. The minimum absolute atomic E-state index is 0.0447. The van der Waals surface area contributed by atoms with E-state index < -0.39 is 0 Å². The van der Waals surface area contributed by atoms with Crippen LogP contribution in [-0.4, -0.2) is 18.3 Å². The van der Waals surface area contributed by atoms with Gasteiger partial charge in [0.1, 0.15) is 11.6 Å². The summed E-state index contributed by atoms with van der Waals surface area (Å²) in [5.41, 5.74) is 0.883. The van der Waals surface area contributed by atoms with Crippen LogP contribution in [0.15, 0.2) is 30.4 Å². The van der Waals surface area contributed by atoms with E-state index in [9.17, 15) is 4.39 Å². The van der Waals surface area contributed by atoms with Gasteiger partial charge in [0.2, 0.25) is 0 Å². The third-order valence-electron chi connectivity index (χ3n) is 2.63. The molecular weight excluding hydrogens is 231 g/mol. The number of aliphatic hydroxyl groups is 1. The molecule has 1 aromatic carbocycles. The molecule has 0 atom stereocenters. The molecule has 0 aliphatic heterocycles. The molecule has 0 bridgehead atoms. The lowest BCUT2D eigenvalue weighted by atomic mass is 10.1. The van der Waals surface area contributed by atoms with Crippen molar-refractivity contribution in [1.82, 2.24) is 0 Å². The topological polar surface area (TPSA) is 29.5 Å². The largest absolute Gasteiger partial charge is 0.493 e. The molecule has 100 valence electrons. The molecule has 1 aromatic rings. The molecule has 0 heterocycles. The zero-order valence-electron chi connectivity index (χ0n) is 10.9. The number of halogens is 1. The van der Waals surface area contributed by atoms with Crippen LogP contribution in [0.5, 0.6) is 5.75 Å². The Morgan fingerprint density at radius 2 is 2.17 bits per heavy atom. The minimum atomic E-state index is -0.237. The lowest BCUT2D eigenvalue weighted by molar-refractivity contribution is 0.305. The summed E-state index contributed by atoms with van der Waals surface area (Å²) in [6, 6.07) is 4.64. The Hall–Kier alpha value is -1.35. The van der Waals surface area contributed by atoms with Crippen molar-refractivity contribution in [1.29, 1.82) is 0 Å². The highest BCUT2D eigenvalue weighted by Crippen LogP contribution is 2.21. The SMILES string of the molecule is CCCCOc1ccc(F)cc1CC/C=C\CO. The fourth-order valence-electron chi connectivity index (χ4n) is 1.64. The predicted octanol–water partition coefficient (Wildman–Crippen LogP) is 3.49. The number of benzene rings is 1. The fourth-order valence-corrected chi connectivity index (χ4v) is 1.64.